The number of hydrogen-bond donors (Lipinski definition) is 2. The molecule has 0 unspecified atom stereocenters. The van der Waals surface area contributed by atoms with Crippen molar-refractivity contribution in [3.05, 3.63) is 54.1 Å². The number of nitrogens with one attached hydrogen (secondary N) is 1. The Morgan fingerprint density at radius 1 is 1.16 bits per heavy atom. The Bertz CT molecular complexity index is 1430. The van der Waals surface area contributed by atoms with Crippen LogP contribution in [-0.2, 0) is 16.6 Å². The lowest BCUT2D eigenvalue weighted by atomic mass is 9.83. The molecule has 0 radical (unpaired) electrons. The number of rotatable bonds is 5. The number of fused-ring (bicyclic) bond motifs is 1. The van der Waals surface area contributed by atoms with E-state index in [-0.39, 0.29) is 35.8 Å². The topological polar surface area (TPSA) is 106 Å². The number of nitrogens with zero attached hydrogens (tertiary/aromatic N) is 4. The van der Waals surface area contributed by atoms with Gasteiger partial charge in [-0.2, -0.15) is 0 Å². The van der Waals surface area contributed by atoms with Crippen LogP contribution in [0.1, 0.15) is 44.6 Å². The molecule has 2 aliphatic rings. The number of hydrogen-bond acceptors (Lipinski definition) is 5. The van der Waals surface area contributed by atoms with Crippen LogP contribution in [0.4, 0.5) is 15.9 Å². The summed E-state index contributed by atoms with van der Waals surface area (Å²) in [6, 6.07) is 7.33. The van der Waals surface area contributed by atoms with E-state index in [1.54, 1.807) is 19.1 Å². The molecule has 2 amide bonds. The number of benzene rings is 1. The van der Waals surface area contributed by atoms with Crippen LogP contribution in [0, 0.1) is 5.92 Å². The van der Waals surface area contributed by atoms with Crippen molar-refractivity contribution in [1.82, 2.24) is 19.4 Å². The summed E-state index contributed by atoms with van der Waals surface area (Å²) in [5.74, 6) is -0.548. The predicted octanol–water partition coefficient (Wildman–Crippen LogP) is 4.84. The maximum Gasteiger partial charge on any atom is 0.250 e. The molecule has 3 aromatic rings. The highest BCUT2D eigenvalue weighted by atomic mass is 19.1. The van der Waals surface area contributed by atoms with E-state index in [9.17, 15) is 9.59 Å². The van der Waals surface area contributed by atoms with Crippen LogP contribution in [0.25, 0.3) is 27.9 Å². The number of aromatic nitrogens is 3. The van der Waals surface area contributed by atoms with Gasteiger partial charge < -0.3 is 20.5 Å². The van der Waals surface area contributed by atoms with Gasteiger partial charge in [-0.25, -0.2) is 14.4 Å². The number of anilines is 2. The van der Waals surface area contributed by atoms with Crippen molar-refractivity contribution in [3.8, 4) is 11.3 Å². The SMILES string of the molecule is C=C(C)C(=O)Nc1ccc(-c2c(C3=C(F)C[C@H](C(=O)N4CCCC4)CC3)c3c(N)ncnc3n2C)cc1. The van der Waals surface area contributed by atoms with Gasteiger partial charge in [0.1, 0.15) is 23.6 Å². The molecule has 192 valence electrons. The van der Waals surface area contributed by atoms with Crippen LogP contribution in [0.3, 0.4) is 0 Å². The molecule has 3 N–H and O–H groups in total. The molecule has 1 aliphatic heterocycles. The Morgan fingerprint density at radius 3 is 2.51 bits per heavy atom. The van der Waals surface area contributed by atoms with Crippen molar-refractivity contribution in [2.45, 2.75) is 39.0 Å². The van der Waals surface area contributed by atoms with Gasteiger partial charge in [-0.3, -0.25) is 9.59 Å². The van der Waals surface area contributed by atoms with E-state index >= 15 is 4.39 Å². The van der Waals surface area contributed by atoms with Gasteiger partial charge in [0.2, 0.25) is 5.91 Å². The van der Waals surface area contributed by atoms with Crippen molar-refractivity contribution in [2.75, 3.05) is 24.1 Å². The first-order valence-corrected chi connectivity index (χ1v) is 12.6. The lowest BCUT2D eigenvalue weighted by Gasteiger charge is -2.27. The van der Waals surface area contributed by atoms with Gasteiger partial charge in [0.15, 0.2) is 0 Å². The quantitative estimate of drug-likeness (QED) is 0.486. The Labute approximate surface area is 215 Å². The fraction of sp³-hybridized carbons (Fsp3) is 0.357. The van der Waals surface area contributed by atoms with Gasteiger partial charge in [0.25, 0.3) is 5.91 Å². The molecule has 8 nitrogen and oxygen atoms in total. The molecule has 0 saturated carbocycles. The summed E-state index contributed by atoms with van der Waals surface area (Å²) < 4.78 is 17.7. The Hall–Kier alpha value is -4.01. The molecule has 1 fully saturated rings. The standard InChI is InChI=1S/C28H31FN6O2/c1-16(2)27(36)33-19-9-6-17(7-10-19)24-22(23-25(30)31-15-32-26(23)34(24)3)20-11-8-18(14-21(20)29)28(37)35-12-4-5-13-35/h6-7,9-10,15,18H,1,4-5,8,11-14H2,2-3H3,(H,33,36)(H2,30,31,32)/t18-/m1/s1. The third-order valence-electron chi connectivity index (χ3n) is 7.36. The van der Waals surface area contributed by atoms with Gasteiger partial charge >= 0.3 is 0 Å². The Morgan fingerprint density at radius 2 is 1.86 bits per heavy atom. The number of halogens is 1. The maximum absolute atomic E-state index is 15.8. The molecule has 5 rings (SSSR count). The highest BCUT2D eigenvalue weighted by Gasteiger charge is 2.34. The zero-order valence-corrected chi connectivity index (χ0v) is 21.2. The number of amides is 2. The van der Waals surface area contributed by atoms with Crippen molar-refractivity contribution in [2.24, 2.45) is 13.0 Å². The monoisotopic (exact) mass is 502 g/mol. The minimum atomic E-state index is -0.343. The van der Waals surface area contributed by atoms with E-state index in [1.807, 2.05) is 28.6 Å². The number of carbonyl (C=O) groups excluding carboxylic acids is 2. The van der Waals surface area contributed by atoms with Crippen LogP contribution >= 0.6 is 0 Å². The number of carbonyl (C=O) groups is 2. The number of nitrogens with two attached hydrogens (primary N) is 1. The van der Waals surface area contributed by atoms with Crippen molar-refractivity contribution in [1.29, 1.82) is 0 Å². The summed E-state index contributed by atoms with van der Waals surface area (Å²) in [6.07, 6.45) is 4.50. The van der Waals surface area contributed by atoms with Gasteiger partial charge in [0, 0.05) is 49.3 Å². The van der Waals surface area contributed by atoms with E-state index < -0.39 is 0 Å². The predicted molar refractivity (Wildman–Crippen MR) is 143 cm³/mol. The molecule has 1 aromatic carbocycles. The minimum absolute atomic E-state index is 0.0556. The van der Waals surface area contributed by atoms with Gasteiger partial charge in [-0.1, -0.05) is 18.7 Å². The van der Waals surface area contributed by atoms with Crippen LogP contribution in [0.15, 0.2) is 48.6 Å². The second kappa shape index (κ2) is 9.80. The second-order valence-corrected chi connectivity index (χ2v) is 9.91. The normalized spacial score (nSPS) is 17.9. The average Bonchev–Trinajstić information content (AvgIpc) is 3.52. The van der Waals surface area contributed by atoms with Crippen LogP contribution in [0.5, 0.6) is 0 Å². The van der Waals surface area contributed by atoms with Crippen LogP contribution < -0.4 is 11.1 Å². The summed E-state index contributed by atoms with van der Waals surface area (Å²) in [7, 11) is 1.87. The molecule has 2 aromatic heterocycles. The molecule has 9 heteroatoms. The molecule has 1 atom stereocenters. The molecule has 0 spiro atoms. The first kappa shape index (κ1) is 24.7. The van der Waals surface area contributed by atoms with Crippen molar-refractivity contribution < 1.29 is 14.0 Å². The summed E-state index contributed by atoms with van der Waals surface area (Å²) >= 11 is 0. The molecular formula is C28H31FN6O2. The zero-order chi connectivity index (χ0) is 26.3. The molecule has 37 heavy (non-hydrogen) atoms. The minimum Gasteiger partial charge on any atom is -0.383 e. The number of aryl methyl sites for hydroxylation is 1. The van der Waals surface area contributed by atoms with Gasteiger partial charge in [0.05, 0.1) is 11.1 Å². The summed E-state index contributed by atoms with van der Waals surface area (Å²) in [6.45, 7) is 6.83. The summed E-state index contributed by atoms with van der Waals surface area (Å²) in [5.41, 5.74) is 10.7. The van der Waals surface area contributed by atoms with E-state index in [0.29, 0.717) is 46.3 Å². The number of allylic oxidation sites excluding steroid dienone is 2. The fourth-order valence-corrected chi connectivity index (χ4v) is 5.42. The highest BCUT2D eigenvalue weighted by Crippen LogP contribution is 2.45. The van der Waals surface area contributed by atoms with Crippen molar-refractivity contribution in [3.63, 3.8) is 0 Å². The third kappa shape index (κ3) is 4.50. The lowest BCUT2D eigenvalue weighted by molar-refractivity contribution is -0.134. The smallest absolute Gasteiger partial charge is 0.250 e. The van der Waals surface area contributed by atoms with Crippen molar-refractivity contribution >= 4 is 39.9 Å². The Balaban J connectivity index is 1.57. The second-order valence-electron chi connectivity index (χ2n) is 9.91. The first-order valence-electron chi connectivity index (χ1n) is 12.6. The molecule has 0 bridgehead atoms. The van der Waals surface area contributed by atoms with Crippen LogP contribution in [-0.4, -0.2) is 44.3 Å². The number of likely N-dealkylation sites (tertiary alicyclic amines) is 1. The lowest BCUT2D eigenvalue weighted by Crippen LogP contribution is -2.34. The van der Waals surface area contributed by atoms with Crippen LogP contribution in [0.2, 0.25) is 0 Å². The van der Waals surface area contributed by atoms with E-state index in [2.05, 4.69) is 21.9 Å². The maximum atomic E-state index is 15.8. The molecule has 3 heterocycles. The average molecular weight is 503 g/mol. The van der Waals surface area contributed by atoms with E-state index in [0.717, 1.165) is 37.2 Å². The molecular weight excluding hydrogens is 471 g/mol. The van der Waals surface area contributed by atoms with E-state index in [1.165, 1.54) is 6.33 Å². The Kier molecular flexibility index (Phi) is 6.54. The number of nitrogen functional groups attached to an aromatic ring is 1. The van der Waals surface area contributed by atoms with Gasteiger partial charge in [-0.15, -0.1) is 0 Å². The highest BCUT2D eigenvalue weighted by molar-refractivity contribution is 6.05. The first-order chi connectivity index (χ1) is 17.8. The molecule has 1 aliphatic carbocycles. The fourth-order valence-electron chi connectivity index (χ4n) is 5.42. The van der Waals surface area contributed by atoms with Gasteiger partial charge in [-0.05, 0) is 55.9 Å². The summed E-state index contributed by atoms with van der Waals surface area (Å²) in [5, 5.41) is 3.41. The third-order valence-corrected chi connectivity index (χ3v) is 7.36. The zero-order valence-electron chi connectivity index (χ0n) is 21.2. The largest absolute Gasteiger partial charge is 0.383 e. The molecule has 1 saturated heterocycles. The van der Waals surface area contributed by atoms with E-state index in [4.69, 9.17) is 5.73 Å². The summed E-state index contributed by atoms with van der Waals surface area (Å²) in [4.78, 5) is 35.5.